The summed E-state index contributed by atoms with van der Waals surface area (Å²) in [4.78, 5) is 42.0. The molecule has 6 nitrogen and oxygen atoms in total. The number of carbonyl (C=O) groups excluding carboxylic acids is 2. The Morgan fingerprint density at radius 3 is 2.55 bits per heavy atom. The van der Waals surface area contributed by atoms with Gasteiger partial charge in [-0.2, -0.15) is 0 Å². The first-order valence-electron chi connectivity index (χ1n) is 8.93. The van der Waals surface area contributed by atoms with Crippen molar-refractivity contribution in [2.45, 2.75) is 30.3 Å². The molecule has 150 valence electrons. The van der Waals surface area contributed by atoms with Crippen LogP contribution in [0.3, 0.4) is 0 Å². The predicted molar refractivity (Wildman–Crippen MR) is 116 cm³/mol. The highest BCUT2D eigenvalue weighted by molar-refractivity contribution is 9.10. The van der Waals surface area contributed by atoms with E-state index in [0.29, 0.717) is 21.6 Å². The van der Waals surface area contributed by atoms with Crippen LogP contribution in [0.4, 0.5) is 0 Å². The number of hydrogen-bond acceptors (Lipinski definition) is 6. The number of methoxy groups -OCH3 is 1. The minimum absolute atomic E-state index is 0.0407. The van der Waals surface area contributed by atoms with E-state index in [1.807, 2.05) is 12.1 Å². The fourth-order valence-electron chi connectivity index (χ4n) is 2.80. The van der Waals surface area contributed by atoms with Gasteiger partial charge in [0.1, 0.15) is 0 Å². The number of rotatable bonds is 7. The summed E-state index contributed by atoms with van der Waals surface area (Å²) < 4.78 is 7.02. The third-order valence-electron chi connectivity index (χ3n) is 4.37. The molecule has 3 aromatic rings. The first kappa shape index (κ1) is 21.3. The first-order valence-corrected chi connectivity index (χ1v) is 10.6. The summed E-state index contributed by atoms with van der Waals surface area (Å²) in [5.41, 5.74) is 0.889. The lowest BCUT2D eigenvalue weighted by Gasteiger charge is -2.15. The molecule has 0 spiro atoms. The summed E-state index contributed by atoms with van der Waals surface area (Å²) in [5, 5.41) is 0.401. The molecular formula is C21H19BrN2O4S. The van der Waals surface area contributed by atoms with E-state index in [9.17, 15) is 14.4 Å². The SMILES string of the molecule is COC(=O)CCn1c(S[C@@H](C)C(=O)c2ccc(Br)cc2)nc2ccccc2c1=O. The Bertz CT molecular complexity index is 1110. The van der Waals surface area contributed by atoms with E-state index in [1.54, 1.807) is 43.3 Å². The Labute approximate surface area is 180 Å². The van der Waals surface area contributed by atoms with Gasteiger partial charge in [-0.15, -0.1) is 0 Å². The van der Waals surface area contributed by atoms with Gasteiger partial charge >= 0.3 is 5.97 Å². The van der Waals surface area contributed by atoms with Crippen LogP contribution in [-0.2, 0) is 16.1 Å². The fourth-order valence-corrected chi connectivity index (χ4v) is 4.08. The number of esters is 1. The van der Waals surface area contributed by atoms with Crippen LogP contribution in [0.15, 0.2) is 63.0 Å². The van der Waals surface area contributed by atoms with Crippen LogP contribution < -0.4 is 5.56 Å². The second-order valence-electron chi connectivity index (χ2n) is 6.33. The van der Waals surface area contributed by atoms with Gasteiger partial charge in [0.25, 0.3) is 5.56 Å². The molecule has 1 heterocycles. The summed E-state index contributed by atoms with van der Waals surface area (Å²) in [6.07, 6.45) is 0.0407. The van der Waals surface area contributed by atoms with Gasteiger partial charge in [0, 0.05) is 16.6 Å². The molecule has 0 amide bonds. The number of ether oxygens (including phenoxy) is 1. The molecule has 0 aliphatic rings. The summed E-state index contributed by atoms with van der Waals surface area (Å²) in [7, 11) is 1.30. The van der Waals surface area contributed by atoms with Crippen LogP contribution in [-0.4, -0.2) is 33.7 Å². The summed E-state index contributed by atoms with van der Waals surface area (Å²) >= 11 is 4.56. The number of benzene rings is 2. The lowest BCUT2D eigenvalue weighted by molar-refractivity contribution is -0.140. The molecule has 3 rings (SSSR count). The number of halogens is 1. The molecule has 0 aliphatic carbocycles. The van der Waals surface area contributed by atoms with Crippen molar-refractivity contribution in [2.24, 2.45) is 0 Å². The van der Waals surface area contributed by atoms with Crippen LogP contribution in [0.1, 0.15) is 23.7 Å². The molecule has 0 unspecified atom stereocenters. The third-order valence-corrected chi connectivity index (χ3v) is 5.99. The van der Waals surface area contributed by atoms with Crippen molar-refractivity contribution < 1.29 is 14.3 Å². The van der Waals surface area contributed by atoms with E-state index in [1.165, 1.54) is 23.4 Å². The van der Waals surface area contributed by atoms with Crippen LogP contribution >= 0.6 is 27.7 Å². The van der Waals surface area contributed by atoms with Crippen LogP contribution in [0, 0.1) is 0 Å². The fraction of sp³-hybridized carbons (Fsp3) is 0.238. The topological polar surface area (TPSA) is 78.3 Å². The zero-order valence-corrected chi connectivity index (χ0v) is 18.3. The zero-order valence-electron chi connectivity index (χ0n) is 15.9. The number of nitrogens with zero attached hydrogens (tertiary/aromatic N) is 2. The molecular weight excluding hydrogens is 456 g/mol. The van der Waals surface area contributed by atoms with Crippen molar-refractivity contribution in [1.82, 2.24) is 9.55 Å². The molecule has 1 aromatic heterocycles. The highest BCUT2D eigenvalue weighted by atomic mass is 79.9. The first-order chi connectivity index (χ1) is 13.9. The Morgan fingerprint density at radius 2 is 1.86 bits per heavy atom. The summed E-state index contributed by atoms with van der Waals surface area (Å²) in [6.45, 7) is 1.91. The van der Waals surface area contributed by atoms with Crippen molar-refractivity contribution in [3.63, 3.8) is 0 Å². The van der Waals surface area contributed by atoms with Crippen LogP contribution in [0.25, 0.3) is 10.9 Å². The number of ketones is 1. The van der Waals surface area contributed by atoms with E-state index < -0.39 is 11.2 Å². The second-order valence-corrected chi connectivity index (χ2v) is 8.55. The Balaban J connectivity index is 1.95. The molecule has 2 aromatic carbocycles. The van der Waals surface area contributed by atoms with Gasteiger partial charge in [0.2, 0.25) is 0 Å². The predicted octanol–water partition coefficient (Wildman–Crippen LogP) is 4.09. The lowest BCUT2D eigenvalue weighted by Crippen LogP contribution is -2.26. The Morgan fingerprint density at radius 1 is 1.17 bits per heavy atom. The van der Waals surface area contributed by atoms with Crippen molar-refractivity contribution in [3.05, 3.63) is 68.9 Å². The van der Waals surface area contributed by atoms with Gasteiger partial charge < -0.3 is 4.74 Å². The van der Waals surface area contributed by atoms with E-state index in [4.69, 9.17) is 0 Å². The minimum Gasteiger partial charge on any atom is -0.469 e. The van der Waals surface area contributed by atoms with Gasteiger partial charge in [-0.1, -0.05) is 52.0 Å². The molecule has 0 fully saturated rings. The normalized spacial score (nSPS) is 12.0. The van der Waals surface area contributed by atoms with Gasteiger partial charge in [-0.05, 0) is 31.2 Å². The van der Waals surface area contributed by atoms with Gasteiger partial charge in [-0.3, -0.25) is 19.0 Å². The molecule has 8 heteroatoms. The number of carbonyl (C=O) groups is 2. The number of hydrogen-bond donors (Lipinski definition) is 0. The standard InChI is InChI=1S/C21H19BrN2O4S/c1-13(19(26)14-7-9-15(22)10-8-14)29-21-23-17-6-4-3-5-16(17)20(27)24(21)12-11-18(25)28-2/h3-10,13H,11-12H2,1-2H3/t13-/m0/s1. The maximum atomic E-state index is 13.0. The van der Waals surface area contributed by atoms with E-state index in [2.05, 4.69) is 25.7 Å². The largest absolute Gasteiger partial charge is 0.469 e. The van der Waals surface area contributed by atoms with Crippen molar-refractivity contribution in [1.29, 1.82) is 0 Å². The Kier molecular flexibility index (Phi) is 6.87. The van der Waals surface area contributed by atoms with E-state index >= 15 is 0 Å². The molecule has 0 aliphatic heterocycles. The summed E-state index contributed by atoms with van der Waals surface area (Å²) in [6, 6.07) is 14.2. The quantitative estimate of drug-likeness (QED) is 0.222. The average Bonchev–Trinajstić information content (AvgIpc) is 2.73. The molecule has 0 N–H and O–H groups in total. The highest BCUT2D eigenvalue weighted by Crippen LogP contribution is 2.25. The van der Waals surface area contributed by atoms with Crippen LogP contribution in [0.5, 0.6) is 0 Å². The summed E-state index contributed by atoms with van der Waals surface area (Å²) in [5.74, 6) is -0.482. The van der Waals surface area contributed by atoms with Crippen molar-refractivity contribution in [3.8, 4) is 0 Å². The lowest BCUT2D eigenvalue weighted by atomic mass is 10.1. The molecule has 0 radical (unpaired) electrons. The zero-order chi connectivity index (χ0) is 21.0. The van der Waals surface area contributed by atoms with Crippen molar-refractivity contribution in [2.75, 3.05) is 7.11 Å². The van der Waals surface area contributed by atoms with Crippen molar-refractivity contribution >= 4 is 50.3 Å². The van der Waals surface area contributed by atoms with E-state index in [0.717, 1.165) is 4.47 Å². The molecule has 1 atom stereocenters. The number of fused-ring (bicyclic) bond motifs is 1. The van der Waals surface area contributed by atoms with Gasteiger partial charge in [0.05, 0.1) is 29.7 Å². The van der Waals surface area contributed by atoms with Gasteiger partial charge in [-0.25, -0.2) is 4.98 Å². The molecule has 29 heavy (non-hydrogen) atoms. The smallest absolute Gasteiger partial charge is 0.307 e. The maximum absolute atomic E-state index is 13.0. The minimum atomic E-state index is -0.464. The third kappa shape index (κ3) is 4.94. The Hall–Kier alpha value is -2.45. The van der Waals surface area contributed by atoms with Crippen LogP contribution in [0.2, 0.25) is 0 Å². The molecule has 0 bridgehead atoms. The molecule has 0 saturated heterocycles. The monoisotopic (exact) mass is 474 g/mol. The average molecular weight is 475 g/mol. The van der Waals surface area contributed by atoms with E-state index in [-0.39, 0.29) is 24.3 Å². The molecule has 0 saturated carbocycles. The number of aromatic nitrogens is 2. The highest BCUT2D eigenvalue weighted by Gasteiger charge is 2.21. The maximum Gasteiger partial charge on any atom is 0.307 e. The number of Topliss-reactive ketones (excluding diaryl/α,β-unsaturated/α-hetero) is 1. The van der Waals surface area contributed by atoms with Gasteiger partial charge in [0.15, 0.2) is 10.9 Å². The second kappa shape index (κ2) is 9.37. The number of para-hydroxylation sites is 1. The number of thioether (sulfide) groups is 1.